The maximum Gasteiger partial charge on any atom is 0.122 e. The molecular formula is C20H32N2O2. The second-order valence-corrected chi connectivity index (χ2v) is 7.20. The third-order valence-electron chi connectivity index (χ3n) is 6.14. The number of nitrogens with zero attached hydrogens (tertiary/aromatic N) is 2. The van der Waals surface area contributed by atoms with Crippen LogP contribution >= 0.6 is 0 Å². The fourth-order valence-electron chi connectivity index (χ4n) is 4.35. The quantitative estimate of drug-likeness (QED) is 0.827. The van der Waals surface area contributed by atoms with E-state index >= 15 is 0 Å². The summed E-state index contributed by atoms with van der Waals surface area (Å²) in [5, 5.41) is 0. The van der Waals surface area contributed by atoms with Crippen LogP contribution in [0.5, 0.6) is 5.75 Å². The average Bonchev–Trinajstić information content (AvgIpc) is 2.65. The molecule has 2 fully saturated rings. The van der Waals surface area contributed by atoms with Gasteiger partial charge in [0.15, 0.2) is 0 Å². The first kappa shape index (κ1) is 17.7. The Hall–Kier alpha value is -1.10. The minimum atomic E-state index is 0.393. The van der Waals surface area contributed by atoms with E-state index in [-0.39, 0.29) is 0 Å². The molecule has 0 amide bonds. The number of morpholine rings is 1. The average molecular weight is 332 g/mol. The van der Waals surface area contributed by atoms with Crippen molar-refractivity contribution in [2.75, 3.05) is 46.5 Å². The van der Waals surface area contributed by atoms with Crippen molar-refractivity contribution in [3.8, 4) is 5.75 Å². The number of likely N-dealkylation sites (tertiary alicyclic amines) is 1. The summed E-state index contributed by atoms with van der Waals surface area (Å²) in [5.74, 6) is 1.00. The van der Waals surface area contributed by atoms with Gasteiger partial charge in [-0.15, -0.1) is 0 Å². The molecular weight excluding hydrogens is 300 g/mol. The van der Waals surface area contributed by atoms with Gasteiger partial charge in [-0.3, -0.25) is 9.80 Å². The molecule has 0 spiro atoms. The monoisotopic (exact) mass is 332 g/mol. The van der Waals surface area contributed by atoms with Gasteiger partial charge in [-0.1, -0.05) is 19.1 Å². The molecule has 134 valence electrons. The van der Waals surface area contributed by atoms with Crippen LogP contribution in [0.25, 0.3) is 0 Å². The molecule has 0 bridgehead atoms. The predicted molar refractivity (Wildman–Crippen MR) is 97.7 cm³/mol. The Morgan fingerprint density at radius 1 is 1.12 bits per heavy atom. The normalized spacial score (nSPS) is 22.5. The maximum atomic E-state index is 5.55. The molecule has 2 aliphatic rings. The van der Waals surface area contributed by atoms with E-state index in [1.54, 1.807) is 7.11 Å². The SMILES string of the molecule is CCC1(N2CCOCC2)CCN(Cc2cccc(OC)c2C)CC1. The first-order valence-electron chi connectivity index (χ1n) is 9.36. The zero-order valence-electron chi connectivity index (χ0n) is 15.5. The van der Waals surface area contributed by atoms with E-state index in [1.807, 2.05) is 0 Å². The number of hydrogen-bond acceptors (Lipinski definition) is 4. The molecule has 2 heterocycles. The second-order valence-electron chi connectivity index (χ2n) is 7.20. The second kappa shape index (κ2) is 7.85. The van der Waals surface area contributed by atoms with Crippen molar-refractivity contribution in [2.24, 2.45) is 0 Å². The van der Waals surface area contributed by atoms with Crippen molar-refractivity contribution < 1.29 is 9.47 Å². The number of rotatable bonds is 5. The molecule has 4 heteroatoms. The Bertz CT molecular complexity index is 532. The lowest BCUT2D eigenvalue weighted by molar-refractivity contribution is -0.0503. The maximum absolute atomic E-state index is 5.55. The van der Waals surface area contributed by atoms with E-state index in [9.17, 15) is 0 Å². The lowest BCUT2D eigenvalue weighted by Crippen LogP contribution is -2.58. The summed E-state index contributed by atoms with van der Waals surface area (Å²) in [6, 6.07) is 6.40. The number of methoxy groups -OCH3 is 1. The molecule has 0 aliphatic carbocycles. The Morgan fingerprint density at radius 2 is 1.83 bits per heavy atom. The minimum Gasteiger partial charge on any atom is -0.496 e. The highest BCUT2D eigenvalue weighted by molar-refractivity contribution is 5.39. The van der Waals surface area contributed by atoms with Crippen molar-refractivity contribution in [1.29, 1.82) is 0 Å². The van der Waals surface area contributed by atoms with Crippen molar-refractivity contribution >= 4 is 0 Å². The fourth-order valence-corrected chi connectivity index (χ4v) is 4.35. The van der Waals surface area contributed by atoms with Gasteiger partial charge in [-0.2, -0.15) is 0 Å². The zero-order chi connectivity index (χ0) is 17.0. The third kappa shape index (κ3) is 3.61. The van der Waals surface area contributed by atoms with Crippen LogP contribution in [0, 0.1) is 6.92 Å². The number of ether oxygens (including phenoxy) is 2. The van der Waals surface area contributed by atoms with Crippen LogP contribution in [0.4, 0.5) is 0 Å². The molecule has 0 N–H and O–H groups in total. The van der Waals surface area contributed by atoms with Crippen molar-refractivity contribution in [3.05, 3.63) is 29.3 Å². The molecule has 4 nitrogen and oxygen atoms in total. The van der Waals surface area contributed by atoms with E-state index in [4.69, 9.17) is 9.47 Å². The van der Waals surface area contributed by atoms with Crippen LogP contribution in [0.1, 0.15) is 37.3 Å². The van der Waals surface area contributed by atoms with Crippen LogP contribution in [-0.4, -0.2) is 61.8 Å². The molecule has 2 aliphatic heterocycles. The van der Waals surface area contributed by atoms with Gasteiger partial charge >= 0.3 is 0 Å². The zero-order valence-corrected chi connectivity index (χ0v) is 15.5. The smallest absolute Gasteiger partial charge is 0.122 e. The summed E-state index contributed by atoms with van der Waals surface area (Å²) in [6.07, 6.45) is 3.79. The van der Waals surface area contributed by atoms with Gasteiger partial charge in [-0.05, 0) is 43.4 Å². The third-order valence-corrected chi connectivity index (χ3v) is 6.14. The Morgan fingerprint density at radius 3 is 2.46 bits per heavy atom. The van der Waals surface area contributed by atoms with Crippen molar-refractivity contribution in [3.63, 3.8) is 0 Å². The van der Waals surface area contributed by atoms with E-state index in [2.05, 4.69) is 41.8 Å². The molecule has 1 aromatic carbocycles. The molecule has 24 heavy (non-hydrogen) atoms. The summed E-state index contributed by atoms with van der Waals surface area (Å²) < 4.78 is 11.0. The summed E-state index contributed by atoms with van der Waals surface area (Å²) in [4.78, 5) is 5.31. The molecule has 0 atom stereocenters. The highest BCUT2D eigenvalue weighted by Gasteiger charge is 2.38. The Labute approximate surface area is 146 Å². The highest BCUT2D eigenvalue weighted by atomic mass is 16.5. The number of piperidine rings is 1. The van der Waals surface area contributed by atoms with E-state index in [0.29, 0.717) is 5.54 Å². The van der Waals surface area contributed by atoms with Gasteiger partial charge in [0.25, 0.3) is 0 Å². The summed E-state index contributed by atoms with van der Waals surface area (Å²) >= 11 is 0. The molecule has 1 aromatic rings. The molecule has 0 aromatic heterocycles. The van der Waals surface area contributed by atoms with Crippen LogP contribution in [0.15, 0.2) is 18.2 Å². The van der Waals surface area contributed by atoms with Crippen LogP contribution in [0.2, 0.25) is 0 Å². The standard InChI is InChI=1S/C20H32N2O2/c1-4-20(22-12-14-24-15-13-22)8-10-21(11-9-20)16-18-6-5-7-19(23-3)17(18)2/h5-7H,4,8-16H2,1-3H3. The van der Waals surface area contributed by atoms with Gasteiger partial charge in [-0.25, -0.2) is 0 Å². The van der Waals surface area contributed by atoms with E-state index in [0.717, 1.165) is 38.6 Å². The molecule has 0 radical (unpaired) electrons. The first-order valence-corrected chi connectivity index (χ1v) is 9.36. The van der Waals surface area contributed by atoms with E-state index < -0.39 is 0 Å². The van der Waals surface area contributed by atoms with Gasteiger partial charge < -0.3 is 9.47 Å². The fraction of sp³-hybridized carbons (Fsp3) is 0.700. The lowest BCUT2D eigenvalue weighted by atomic mass is 9.82. The minimum absolute atomic E-state index is 0.393. The Balaban J connectivity index is 1.62. The van der Waals surface area contributed by atoms with E-state index in [1.165, 1.54) is 43.5 Å². The molecule has 0 saturated carbocycles. The van der Waals surface area contributed by atoms with Gasteiger partial charge in [0.2, 0.25) is 0 Å². The first-order chi connectivity index (χ1) is 11.7. The van der Waals surface area contributed by atoms with Crippen LogP contribution in [0.3, 0.4) is 0 Å². The topological polar surface area (TPSA) is 24.9 Å². The van der Waals surface area contributed by atoms with Crippen molar-refractivity contribution in [2.45, 2.75) is 45.2 Å². The lowest BCUT2D eigenvalue weighted by Gasteiger charge is -2.50. The van der Waals surface area contributed by atoms with Crippen LogP contribution in [-0.2, 0) is 11.3 Å². The largest absolute Gasteiger partial charge is 0.496 e. The highest BCUT2D eigenvalue weighted by Crippen LogP contribution is 2.33. The van der Waals surface area contributed by atoms with Gasteiger partial charge in [0.1, 0.15) is 5.75 Å². The van der Waals surface area contributed by atoms with Gasteiger partial charge in [0, 0.05) is 38.3 Å². The summed E-state index contributed by atoms with van der Waals surface area (Å²) in [7, 11) is 1.75. The predicted octanol–water partition coefficient (Wildman–Crippen LogP) is 3.08. The summed E-state index contributed by atoms with van der Waals surface area (Å²) in [6.45, 7) is 11.9. The number of hydrogen-bond donors (Lipinski definition) is 0. The molecule has 3 rings (SSSR count). The van der Waals surface area contributed by atoms with Crippen molar-refractivity contribution in [1.82, 2.24) is 9.80 Å². The Kier molecular flexibility index (Phi) is 5.80. The molecule has 2 saturated heterocycles. The molecule has 0 unspecified atom stereocenters. The van der Waals surface area contributed by atoms with Gasteiger partial charge in [0.05, 0.1) is 20.3 Å². The summed E-state index contributed by atoms with van der Waals surface area (Å²) in [5.41, 5.74) is 3.06. The van der Waals surface area contributed by atoms with Crippen LogP contribution < -0.4 is 4.74 Å². The number of benzene rings is 1.